The number of piperidine rings is 1. The number of likely N-dealkylation sites (N-methyl/N-ethyl adjacent to an activating group) is 1. The number of carbonyl (C=O) groups excluding carboxylic acids is 2. The van der Waals surface area contributed by atoms with E-state index in [2.05, 4.69) is 4.90 Å². The number of benzene rings is 2. The molecule has 0 radical (unpaired) electrons. The van der Waals surface area contributed by atoms with Gasteiger partial charge in [0.05, 0.1) is 0 Å². The number of urea groups is 1. The second-order valence-corrected chi connectivity index (χ2v) is 8.15. The molecule has 0 aromatic heterocycles. The van der Waals surface area contributed by atoms with Crippen LogP contribution in [0.5, 0.6) is 11.5 Å². The van der Waals surface area contributed by atoms with E-state index in [9.17, 15) is 9.59 Å². The molecule has 0 N–H and O–H groups in total. The molecule has 0 saturated carbocycles. The molecule has 0 bridgehead atoms. The van der Waals surface area contributed by atoms with Crippen LogP contribution in [0.25, 0.3) is 0 Å². The third-order valence-corrected chi connectivity index (χ3v) is 6.34. The van der Waals surface area contributed by atoms with Crippen molar-refractivity contribution in [2.45, 2.75) is 24.5 Å². The normalized spacial score (nSPS) is 23.3. The highest BCUT2D eigenvalue weighted by atomic mass is 16.6. The lowest BCUT2D eigenvalue weighted by Crippen LogP contribution is -2.58. The van der Waals surface area contributed by atoms with Gasteiger partial charge in [-0.2, -0.15) is 0 Å². The average molecular weight is 407 g/mol. The molecule has 2 aromatic rings. The first-order valence-electron chi connectivity index (χ1n) is 10.4. The van der Waals surface area contributed by atoms with Crippen LogP contribution < -0.4 is 14.4 Å². The van der Waals surface area contributed by atoms with E-state index < -0.39 is 5.54 Å². The van der Waals surface area contributed by atoms with Crippen LogP contribution in [-0.2, 0) is 4.79 Å². The Morgan fingerprint density at radius 2 is 1.63 bits per heavy atom. The highest BCUT2D eigenvalue weighted by molar-refractivity contribution is 6.16. The molecule has 2 fully saturated rings. The van der Waals surface area contributed by atoms with Gasteiger partial charge in [-0.1, -0.05) is 30.3 Å². The predicted molar refractivity (Wildman–Crippen MR) is 112 cm³/mol. The van der Waals surface area contributed by atoms with Gasteiger partial charge in [-0.05, 0) is 37.1 Å². The summed E-state index contributed by atoms with van der Waals surface area (Å²) in [7, 11) is 1.58. The molecule has 30 heavy (non-hydrogen) atoms. The molecule has 3 aliphatic heterocycles. The molecular weight excluding hydrogens is 382 g/mol. The van der Waals surface area contributed by atoms with E-state index >= 15 is 0 Å². The molecule has 0 aliphatic carbocycles. The maximum atomic E-state index is 13.1. The maximum Gasteiger partial charge on any atom is 0.331 e. The molecule has 1 spiro atoms. The molecule has 7 nitrogen and oxygen atoms in total. The van der Waals surface area contributed by atoms with Gasteiger partial charge >= 0.3 is 6.03 Å². The average Bonchev–Trinajstić information content (AvgIpc) is 2.97. The molecule has 0 unspecified atom stereocenters. The fourth-order valence-corrected chi connectivity index (χ4v) is 4.75. The number of anilines is 1. The van der Waals surface area contributed by atoms with Crippen molar-refractivity contribution in [1.29, 1.82) is 0 Å². The lowest BCUT2D eigenvalue weighted by atomic mass is 9.85. The Kier molecular flexibility index (Phi) is 4.62. The van der Waals surface area contributed by atoms with Gasteiger partial charge in [-0.15, -0.1) is 0 Å². The van der Waals surface area contributed by atoms with Gasteiger partial charge in [0.15, 0.2) is 11.5 Å². The van der Waals surface area contributed by atoms with Crippen LogP contribution in [0.15, 0.2) is 54.6 Å². The Hall–Kier alpha value is -3.06. The first kappa shape index (κ1) is 18.9. The Bertz CT molecular complexity index is 956. The molecule has 3 amide bonds. The van der Waals surface area contributed by atoms with Gasteiger partial charge in [-0.3, -0.25) is 19.5 Å². The number of hydrogen-bond acceptors (Lipinski definition) is 5. The molecule has 3 heterocycles. The molecule has 5 rings (SSSR count). The van der Waals surface area contributed by atoms with Crippen molar-refractivity contribution in [2.75, 3.05) is 38.2 Å². The highest BCUT2D eigenvalue weighted by Gasteiger charge is 2.57. The topological polar surface area (TPSA) is 62.3 Å². The summed E-state index contributed by atoms with van der Waals surface area (Å²) in [5, 5.41) is 0. The quantitative estimate of drug-likeness (QED) is 0.733. The largest absolute Gasteiger partial charge is 0.486 e. The van der Waals surface area contributed by atoms with Crippen molar-refractivity contribution < 1.29 is 19.1 Å². The van der Waals surface area contributed by atoms with Crippen LogP contribution in [0, 0.1) is 0 Å². The van der Waals surface area contributed by atoms with Gasteiger partial charge in [0, 0.05) is 32.4 Å². The van der Waals surface area contributed by atoms with Gasteiger partial charge in [-0.25, -0.2) is 4.79 Å². The van der Waals surface area contributed by atoms with E-state index in [0.29, 0.717) is 19.4 Å². The first-order chi connectivity index (χ1) is 14.6. The number of fused-ring (bicyclic) bond motifs is 1. The van der Waals surface area contributed by atoms with Crippen molar-refractivity contribution in [3.8, 4) is 11.5 Å². The van der Waals surface area contributed by atoms with Crippen LogP contribution in [0.2, 0.25) is 0 Å². The molecule has 156 valence electrons. The summed E-state index contributed by atoms with van der Waals surface area (Å²) in [6.07, 6.45) is 1.14. The van der Waals surface area contributed by atoms with E-state index in [-0.39, 0.29) is 18.0 Å². The molecular formula is C23H25N3O4. The summed E-state index contributed by atoms with van der Waals surface area (Å²) >= 11 is 0. The minimum Gasteiger partial charge on any atom is -0.486 e. The Balaban J connectivity index is 1.29. The maximum absolute atomic E-state index is 13.1. The lowest BCUT2D eigenvalue weighted by Gasteiger charge is -2.43. The van der Waals surface area contributed by atoms with E-state index in [1.165, 1.54) is 4.90 Å². The minimum absolute atomic E-state index is 0.0530. The highest BCUT2D eigenvalue weighted by Crippen LogP contribution is 2.40. The van der Waals surface area contributed by atoms with E-state index in [1.54, 1.807) is 11.9 Å². The molecule has 7 heteroatoms. The van der Waals surface area contributed by atoms with Crippen LogP contribution in [0.4, 0.5) is 10.5 Å². The SMILES string of the molecule is CN1C(=O)N(c2ccccc2)C2(CCN(C[C@H]3COc4ccccc4O3)CC2)C1=O. The summed E-state index contributed by atoms with van der Waals surface area (Å²) in [6.45, 7) is 2.68. The summed E-state index contributed by atoms with van der Waals surface area (Å²) < 4.78 is 11.9. The Morgan fingerprint density at radius 1 is 0.967 bits per heavy atom. The fraction of sp³-hybridized carbons (Fsp3) is 0.391. The molecule has 2 aromatic carbocycles. The van der Waals surface area contributed by atoms with E-state index in [0.717, 1.165) is 36.8 Å². The summed E-state index contributed by atoms with van der Waals surface area (Å²) in [4.78, 5) is 31.3. The number of nitrogens with zero attached hydrogens (tertiary/aromatic N) is 3. The number of likely N-dealkylation sites (tertiary alicyclic amines) is 1. The van der Waals surface area contributed by atoms with Gasteiger partial charge in [0.1, 0.15) is 18.2 Å². The second-order valence-electron chi connectivity index (χ2n) is 8.15. The van der Waals surface area contributed by atoms with Gasteiger partial charge in [0.2, 0.25) is 0 Å². The van der Waals surface area contributed by atoms with Crippen molar-refractivity contribution in [3.05, 3.63) is 54.6 Å². The molecule has 1 atom stereocenters. The third-order valence-electron chi connectivity index (χ3n) is 6.34. The smallest absolute Gasteiger partial charge is 0.331 e. The standard InChI is InChI=1S/C23H25N3O4/c1-24-21(27)23(26(22(24)28)17-7-3-2-4-8-17)11-13-25(14-12-23)15-18-16-29-19-9-5-6-10-20(19)30-18/h2-10,18H,11-16H2,1H3/t18-/m0/s1. The first-order valence-corrected chi connectivity index (χ1v) is 10.4. The van der Waals surface area contributed by atoms with Crippen molar-refractivity contribution >= 4 is 17.6 Å². The number of ether oxygens (including phenoxy) is 2. The van der Waals surface area contributed by atoms with Crippen LogP contribution >= 0.6 is 0 Å². The number of rotatable bonds is 3. The number of amides is 3. The number of para-hydroxylation sites is 3. The van der Waals surface area contributed by atoms with Gasteiger partial charge < -0.3 is 9.47 Å². The zero-order valence-corrected chi connectivity index (χ0v) is 17.0. The van der Waals surface area contributed by atoms with Crippen molar-refractivity contribution in [3.63, 3.8) is 0 Å². The van der Waals surface area contributed by atoms with Gasteiger partial charge in [0.25, 0.3) is 5.91 Å². The number of carbonyl (C=O) groups is 2. The monoisotopic (exact) mass is 407 g/mol. The second kappa shape index (κ2) is 7.32. The van der Waals surface area contributed by atoms with E-state index in [1.807, 2.05) is 54.6 Å². The number of imide groups is 1. The van der Waals surface area contributed by atoms with Crippen molar-refractivity contribution in [2.24, 2.45) is 0 Å². The predicted octanol–water partition coefficient (Wildman–Crippen LogP) is 2.76. The van der Waals surface area contributed by atoms with Crippen LogP contribution in [-0.4, -0.2) is 66.7 Å². The molecule has 3 aliphatic rings. The summed E-state index contributed by atoms with van der Waals surface area (Å²) in [5.41, 5.74) is -0.0329. The van der Waals surface area contributed by atoms with E-state index in [4.69, 9.17) is 9.47 Å². The van der Waals surface area contributed by atoms with Crippen molar-refractivity contribution in [1.82, 2.24) is 9.80 Å². The number of hydrogen-bond donors (Lipinski definition) is 0. The molecule has 2 saturated heterocycles. The Morgan fingerprint density at radius 3 is 2.37 bits per heavy atom. The third kappa shape index (κ3) is 3.01. The Labute approximate surface area is 175 Å². The lowest BCUT2D eigenvalue weighted by molar-refractivity contribution is -0.131. The van der Waals surface area contributed by atoms with Crippen LogP contribution in [0.1, 0.15) is 12.8 Å². The minimum atomic E-state index is -0.805. The summed E-state index contributed by atoms with van der Waals surface area (Å²) in [5.74, 6) is 1.45. The zero-order chi connectivity index (χ0) is 20.7. The fourth-order valence-electron chi connectivity index (χ4n) is 4.75. The summed E-state index contributed by atoms with van der Waals surface area (Å²) in [6, 6.07) is 16.9. The van der Waals surface area contributed by atoms with Crippen LogP contribution in [0.3, 0.4) is 0 Å². The zero-order valence-electron chi connectivity index (χ0n) is 17.0.